The molecule has 2 fully saturated rings. The van der Waals surface area contributed by atoms with Gasteiger partial charge < -0.3 is 4.74 Å². The molecule has 2 aliphatic rings. The minimum Gasteiger partial charge on any atom is -0.378 e. The molecule has 1 heteroatoms. The van der Waals surface area contributed by atoms with Gasteiger partial charge in [-0.2, -0.15) is 0 Å². The number of rotatable bonds is 5. The van der Waals surface area contributed by atoms with E-state index in [1.807, 2.05) is 0 Å². The average molecular weight is 238 g/mol. The first-order valence-electron chi connectivity index (χ1n) is 7.98. The summed E-state index contributed by atoms with van der Waals surface area (Å²) in [6.07, 6.45) is 16.3. The van der Waals surface area contributed by atoms with E-state index in [1.165, 1.54) is 70.6 Å². The Morgan fingerprint density at radius 3 is 2.12 bits per heavy atom. The van der Waals surface area contributed by atoms with Crippen LogP contribution in [0.1, 0.15) is 77.6 Å². The molecular formula is C16H30O. The third-order valence-corrected chi connectivity index (χ3v) is 4.95. The molecule has 2 aliphatic carbocycles. The molecule has 0 radical (unpaired) electrons. The average Bonchev–Trinajstić information content (AvgIpc) is 2.41. The van der Waals surface area contributed by atoms with Crippen molar-refractivity contribution in [1.82, 2.24) is 0 Å². The van der Waals surface area contributed by atoms with Crippen LogP contribution in [0.5, 0.6) is 0 Å². The van der Waals surface area contributed by atoms with Crippen molar-refractivity contribution < 1.29 is 4.74 Å². The SMILES string of the molecule is CC(OCCC1CCCCC1)C1CCCCC1. The van der Waals surface area contributed by atoms with Crippen LogP contribution in [0.2, 0.25) is 0 Å². The molecule has 1 nitrogen and oxygen atoms in total. The van der Waals surface area contributed by atoms with E-state index in [9.17, 15) is 0 Å². The van der Waals surface area contributed by atoms with Gasteiger partial charge in [0.2, 0.25) is 0 Å². The molecule has 17 heavy (non-hydrogen) atoms. The van der Waals surface area contributed by atoms with Gasteiger partial charge in [0.15, 0.2) is 0 Å². The fourth-order valence-electron chi connectivity index (χ4n) is 3.64. The summed E-state index contributed by atoms with van der Waals surface area (Å²) >= 11 is 0. The Hall–Kier alpha value is -0.0400. The van der Waals surface area contributed by atoms with E-state index in [4.69, 9.17) is 4.74 Å². The molecule has 2 rings (SSSR count). The highest BCUT2D eigenvalue weighted by atomic mass is 16.5. The fraction of sp³-hybridized carbons (Fsp3) is 1.00. The number of hydrogen-bond donors (Lipinski definition) is 0. The van der Waals surface area contributed by atoms with E-state index in [0.717, 1.165) is 18.4 Å². The van der Waals surface area contributed by atoms with Gasteiger partial charge in [-0.25, -0.2) is 0 Å². The first kappa shape index (κ1) is 13.4. The van der Waals surface area contributed by atoms with Crippen LogP contribution >= 0.6 is 0 Å². The van der Waals surface area contributed by atoms with Gasteiger partial charge in [-0.15, -0.1) is 0 Å². The van der Waals surface area contributed by atoms with Crippen molar-refractivity contribution in [2.75, 3.05) is 6.61 Å². The molecule has 100 valence electrons. The molecule has 0 aliphatic heterocycles. The van der Waals surface area contributed by atoms with Crippen molar-refractivity contribution in [2.45, 2.75) is 83.7 Å². The van der Waals surface area contributed by atoms with E-state index < -0.39 is 0 Å². The predicted molar refractivity (Wildman–Crippen MR) is 73.2 cm³/mol. The molecule has 1 unspecified atom stereocenters. The summed E-state index contributed by atoms with van der Waals surface area (Å²) in [6.45, 7) is 3.32. The predicted octanol–water partition coefficient (Wildman–Crippen LogP) is 4.94. The lowest BCUT2D eigenvalue weighted by Crippen LogP contribution is -2.24. The van der Waals surface area contributed by atoms with E-state index >= 15 is 0 Å². The molecule has 0 aromatic rings. The van der Waals surface area contributed by atoms with Gasteiger partial charge in [0.25, 0.3) is 0 Å². The molecule has 0 spiro atoms. The smallest absolute Gasteiger partial charge is 0.0575 e. The van der Waals surface area contributed by atoms with Gasteiger partial charge in [0.1, 0.15) is 0 Å². The highest BCUT2D eigenvalue weighted by molar-refractivity contribution is 4.72. The standard InChI is InChI=1S/C16H30O/c1-14(16-10-6-3-7-11-16)17-13-12-15-8-4-2-5-9-15/h14-16H,2-13H2,1H3. The molecule has 0 N–H and O–H groups in total. The maximum Gasteiger partial charge on any atom is 0.0575 e. The quantitative estimate of drug-likeness (QED) is 0.659. The largest absolute Gasteiger partial charge is 0.378 e. The molecular weight excluding hydrogens is 208 g/mol. The maximum atomic E-state index is 6.08. The van der Waals surface area contributed by atoms with Gasteiger partial charge in [0, 0.05) is 6.61 Å². The zero-order valence-electron chi connectivity index (χ0n) is 11.6. The molecule has 1 atom stereocenters. The zero-order chi connectivity index (χ0) is 11.9. The van der Waals surface area contributed by atoms with Gasteiger partial charge in [-0.1, -0.05) is 51.4 Å². The van der Waals surface area contributed by atoms with Crippen molar-refractivity contribution in [3.8, 4) is 0 Å². The normalized spacial score (nSPS) is 25.9. The first-order valence-corrected chi connectivity index (χ1v) is 7.98. The number of ether oxygens (including phenoxy) is 1. The Balaban J connectivity index is 1.57. The van der Waals surface area contributed by atoms with E-state index in [2.05, 4.69) is 6.92 Å². The van der Waals surface area contributed by atoms with Gasteiger partial charge in [-0.05, 0) is 38.0 Å². The van der Waals surface area contributed by atoms with E-state index in [-0.39, 0.29) is 0 Å². The number of hydrogen-bond acceptors (Lipinski definition) is 1. The molecule has 0 aromatic carbocycles. The third-order valence-electron chi connectivity index (χ3n) is 4.95. The van der Waals surface area contributed by atoms with E-state index in [0.29, 0.717) is 6.10 Å². The minimum absolute atomic E-state index is 0.513. The van der Waals surface area contributed by atoms with E-state index in [1.54, 1.807) is 0 Å². The second kappa shape index (κ2) is 7.41. The highest BCUT2D eigenvalue weighted by Crippen LogP contribution is 2.29. The summed E-state index contributed by atoms with van der Waals surface area (Å²) in [6, 6.07) is 0. The summed E-state index contributed by atoms with van der Waals surface area (Å²) in [4.78, 5) is 0. The molecule has 0 bridgehead atoms. The summed E-state index contributed by atoms with van der Waals surface area (Å²) in [5.74, 6) is 1.83. The lowest BCUT2D eigenvalue weighted by molar-refractivity contribution is 0.00491. The zero-order valence-corrected chi connectivity index (χ0v) is 11.6. The Labute approximate surface area is 107 Å². The lowest BCUT2D eigenvalue weighted by atomic mass is 9.85. The van der Waals surface area contributed by atoms with Crippen molar-refractivity contribution >= 4 is 0 Å². The van der Waals surface area contributed by atoms with Crippen molar-refractivity contribution in [3.05, 3.63) is 0 Å². The van der Waals surface area contributed by atoms with Crippen LogP contribution in [0.15, 0.2) is 0 Å². The summed E-state index contributed by atoms with van der Waals surface area (Å²) in [7, 11) is 0. The Kier molecular flexibility index (Phi) is 5.84. The molecule has 0 saturated heterocycles. The van der Waals surface area contributed by atoms with Crippen LogP contribution in [0, 0.1) is 11.8 Å². The van der Waals surface area contributed by atoms with Crippen LogP contribution in [-0.2, 0) is 4.74 Å². The summed E-state index contributed by atoms with van der Waals surface area (Å²) in [5, 5.41) is 0. The molecule has 0 heterocycles. The topological polar surface area (TPSA) is 9.23 Å². The molecule has 0 amide bonds. The summed E-state index contributed by atoms with van der Waals surface area (Å²) in [5.41, 5.74) is 0. The Morgan fingerprint density at radius 2 is 1.47 bits per heavy atom. The molecule has 0 aromatic heterocycles. The van der Waals surface area contributed by atoms with Gasteiger partial charge >= 0.3 is 0 Å². The molecule has 2 saturated carbocycles. The third kappa shape index (κ3) is 4.62. The van der Waals surface area contributed by atoms with Gasteiger partial charge in [-0.3, -0.25) is 0 Å². The second-order valence-electron chi connectivity index (χ2n) is 6.27. The van der Waals surface area contributed by atoms with Crippen LogP contribution in [-0.4, -0.2) is 12.7 Å². The van der Waals surface area contributed by atoms with Crippen LogP contribution < -0.4 is 0 Å². The second-order valence-corrected chi connectivity index (χ2v) is 6.27. The fourth-order valence-corrected chi connectivity index (χ4v) is 3.64. The monoisotopic (exact) mass is 238 g/mol. The Morgan fingerprint density at radius 1 is 0.882 bits per heavy atom. The highest BCUT2D eigenvalue weighted by Gasteiger charge is 2.21. The van der Waals surface area contributed by atoms with Crippen LogP contribution in [0.4, 0.5) is 0 Å². The lowest BCUT2D eigenvalue weighted by Gasteiger charge is -2.28. The Bertz CT molecular complexity index is 190. The van der Waals surface area contributed by atoms with Crippen molar-refractivity contribution in [2.24, 2.45) is 11.8 Å². The summed E-state index contributed by atoms with van der Waals surface area (Å²) < 4.78 is 6.08. The first-order chi connectivity index (χ1) is 8.36. The van der Waals surface area contributed by atoms with Crippen molar-refractivity contribution in [3.63, 3.8) is 0 Å². The van der Waals surface area contributed by atoms with Crippen LogP contribution in [0.3, 0.4) is 0 Å². The minimum atomic E-state index is 0.513. The van der Waals surface area contributed by atoms with Crippen LogP contribution in [0.25, 0.3) is 0 Å². The van der Waals surface area contributed by atoms with Gasteiger partial charge in [0.05, 0.1) is 6.10 Å². The maximum absolute atomic E-state index is 6.08. The van der Waals surface area contributed by atoms with Crippen molar-refractivity contribution in [1.29, 1.82) is 0 Å².